The quantitative estimate of drug-likeness (QED) is 0.873. The fourth-order valence-corrected chi connectivity index (χ4v) is 1.65. The second-order valence-electron chi connectivity index (χ2n) is 3.91. The molecule has 0 aliphatic carbocycles. The maximum absolute atomic E-state index is 13.4. The number of aryl methyl sites for hydroxylation is 1. The van der Waals surface area contributed by atoms with Crippen molar-refractivity contribution in [2.24, 2.45) is 0 Å². The van der Waals surface area contributed by atoms with Crippen molar-refractivity contribution in [3.63, 3.8) is 0 Å². The van der Waals surface area contributed by atoms with Crippen LogP contribution in [0.25, 0.3) is 0 Å². The number of halogens is 2. The van der Waals surface area contributed by atoms with Gasteiger partial charge in [-0.25, -0.2) is 8.78 Å². The lowest BCUT2D eigenvalue weighted by Crippen LogP contribution is -2.06. The molecule has 1 N–H and O–H groups in total. The number of rotatable bonds is 2. The molecule has 5 heteroatoms. The van der Waals surface area contributed by atoms with E-state index < -0.39 is 11.6 Å². The van der Waals surface area contributed by atoms with Crippen LogP contribution >= 0.6 is 0 Å². The van der Waals surface area contributed by atoms with Crippen LogP contribution in [0.3, 0.4) is 0 Å². The Kier molecular flexibility index (Phi) is 2.83. The van der Waals surface area contributed by atoms with Gasteiger partial charge in [0.05, 0.1) is 12.2 Å². The summed E-state index contributed by atoms with van der Waals surface area (Å²) in [6, 6.07) is 3.41. The highest BCUT2D eigenvalue weighted by molar-refractivity contribution is 5.31. The monoisotopic (exact) mass is 238 g/mol. The molecular formula is C12H12F2N2O. The Labute approximate surface area is 97.3 Å². The molecule has 1 aromatic carbocycles. The van der Waals surface area contributed by atoms with Crippen molar-refractivity contribution in [2.45, 2.75) is 20.4 Å². The first-order chi connectivity index (χ1) is 7.99. The van der Waals surface area contributed by atoms with E-state index >= 15 is 0 Å². The van der Waals surface area contributed by atoms with Crippen LogP contribution in [0.15, 0.2) is 18.2 Å². The third-order valence-corrected chi connectivity index (χ3v) is 2.68. The van der Waals surface area contributed by atoms with Gasteiger partial charge in [-0.05, 0) is 19.9 Å². The maximum atomic E-state index is 13.4. The largest absolute Gasteiger partial charge is 0.504 e. The molecule has 0 fully saturated rings. The van der Waals surface area contributed by atoms with Crippen LogP contribution in [0, 0.1) is 25.5 Å². The number of hydrogen-bond acceptors (Lipinski definition) is 2. The maximum Gasteiger partial charge on any atom is 0.159 e. The molecule has 0 saturated heterocycles. The Hall–Kier alpha value is -1.91. The van der Waals surface area contributed by atoms with E-state index in [1.807, 2.05) is 0 Å². The zero-order valence-corrected chi connectivity index (χ0v) is 9.54. The van der Waals surface area contributed by atoms with Gasteiger partial charge in [0, 0.05) is 11.6 Å². The molecule has 1 heterocycles. The van der Waals surface area contributed by atoms with Gasteiger partial charge in [0.1, 0.15) is 17.3 Å². The SMILES string of the molecule is Cc1nn(Cc2ccc(F)cc2F)c(C)c1O. The summed E-state index contributed by atoms with van der Waals surface area (Å²) < 4.78 is 27.7. The lowest BCUT2D eigenvalue weighted by molar-refractivity contribution is 0.464. The predicted octanol–water partition coefficient (Wildman–Crippen LogP) is 2.53. The molecule has 90 valence electrons. The Morgan fingerprint density at radius 3 is 2.53 bits per heavy atom. The van der Waals surface area contributed by atoms with E-state index in [9.17, 15) is 13.9 Å². The molecular weight excluding hydrogens is 226 g/mol. The normalized spacial score (nSPS) is 10.8. The molecule has 0 bridgehead atoms. The molecule has 17 heavy (non-hydrogen) atoms. The van der Waals surface area contributed by atoms with Gasteiger partial charge < -0.3 is 5.11 Å². The van der Waals surface area contributed by atoms with E-state index in [-0.39, 0.29) is 12.3 Å². The zero-order chi connectivity index (χ0) is 12.6. The van der Waals surface area contributed by atoms with Gasteiger partial charge in [-0.3, -0.25) is 4.68 Å². The van der Waals surface area contributed by atoms with Crippen LogP contribution in [0.4, 0.5) is 8.78 Å². The average Bonchev–Trinajstić information content (AvgIpc) is 2.50. The highest BCUT2D eigenvalue weighted by Crippen LogP contribution is 2.21. The molecule has 0 unspecified atom stereocenters. The number of aromatic hydroxyl groups is 1. The van der Waals surface area contributed by atoms with E-state index in [0.717, 1.165) is 6.07 Å². The van der Waals surface area contributed by atoms with Crippen molar-refractivity contribution < 1.29 is 13.9 Å². The van der Waals surface area contributed by atoms with Gasteiger partial charge in [0.25, 0.3) is 0 Å². The first-order valence-electron chi connectivity index (χ1n) is 5.16. The fourth-order valence-electron chi connectivity index (χ4n) is 1.65. The summed E-state index contributed by atoms with van der Waals surface area (Å²) in [7, 11) is 0. The summed E-state index contributed by atoms with van der Waals surface area (Å²) >= 11 is 0. The molecule has 2 aromatic rings. The number of nitrogens with zero attached hydrogens (tertiary/aromatic N) is 2. The Morgan fingerprint density at radius 2 is 2.00 bits per heavy atom. The lowest BCUT2D eigenvalue weighted by atomic mass is 10.2. The van der Waals surface area contributed by atoms with Crippen LogP contribution in [0.1, 0.15) is 17.0 Å². The van der Waals surface area contributed by atoms with Crippen LogP contribution in [0.2, 0.25) is 0 Å². The summed E-state index contributed by atoms with van der Waals surface area (Å²) in [4.78, 5) is 0. The van der Waals surface area contributed by atoms with Crippen molar-refractivity contribution in [2.75, 3.05) is 0 Å². The number of aromatic nitrogens is 2. The molecule has 0 saturated carbocycles. The van der Waals surface area contributed by atoms with E-state index in [2.05, 4.69) is 5.10 Å². The Balaban J connectivity index is 2.34. The van der Waals surface area contributed by atoms with Gasteiger partial charge in [-0.2, -0.15) is 5.10 Å². The highest BCUT2D eigenvalue weighted by Gasteiger charge is 2.12. The van der Waals surface area contributed by atoms with Crippen molar-refractivity contribution in [1.82, 2.24) is 9.78 Å². The van der Waals surface area contributed by atoms with E-state index in [4.69, 9.17) is 0 Å². The first kappa shape index (κ1) is 11.6. The second kappa shape index (κ2) is 4.16. The van der Waals surface area contributed by atoms with Crippen molar-refractivity contribution in [3.8, 4) is 5.75 Å². The molecule has 1 aromatic heterocycles. The van der Waals surface area contributed by atoms with Crippen LogP contribution < -0.4 is 0 Å². The molecule has 0 radical (unpaired) electrons. The molecule has 0 amide bonds. The predicted molar refractivity (Wildman–Crippen MR) is 58.8 cm³/mol. The molecule has 0 aliphatic heterocycles. The smallest absolute Gasteiger partial charge is 0.159 e. The molecule has 3 nitrogen and oxygen atoms in total. The van der Waals surface area contributed by atoms with Gasteiger partial charge in [0.15, 0.2) is 5.75 Å². The molecule has 0 atom stereocenters. The molecule has 0 aliphatic rings. The Bertz CT molecular complexity index is 564. The van der Waals surface area contributed by atoms with Crippen molar-refractivity contribution >= 4 is 0 Å². The van der Waals surface area contributed by atoms with Gasteiger partial charge in [0.2, 0.25) is 0 Å². The fraction of sp³-hybridized carbons (Fsp3) is 0.250. The minimum absolute atomic E-state index is 0.104. The van der Waals surface area contributed by atoms with Crippen LogP contribution in [0.5, 0.6) is 5.75 Å². The van der Waals surface area contributed by atoms with Crippen LogP contribution in [-0.4, -0.2) is 14.9 Å². The first-order valence-corrected chi connectivity index (χ1v) is 5.16. The van der Waals surface area contributed by atoms with Gasteiger partial charge in [-0.15, -0.1) is 0 Å². The van der Waals surface area contributed by atoms with Crippen molar-refractivity contribution in [3.05, 3.63) is 46.8 Å². The summed E-state index contributed by atoms with van der Waals surface area (Å²) in [5.74, 6) is -1.12. The summed E-state index contributed by atoms with van der Waals surface area (Å²) in [5, 5.41) is 13.7. The topological polar surface area (TPSA) is 38.0 Å². The third kappa shape index (κ3) is 2.13. The standard InChI is InChI=1S/C12H12F2N2O/c1-7-12(17)8(2)16(15-7)6-9-3-4-10(13)5-11(9)14/h3-5,17H,6H2,1-2H3. The number of hydrogen-bond donors (Lipinski definition) is 1. The second-order valence-corrected chi connectivity index (χ2v) is 3.91. The van der Waals surface area contributed by atoms with E-state index in [1.54, 1.807) is 13.8 Å². The van der Waals surface area contributed by atoms with Crippen molar-refractivity contribution in [1.29, 1.82) is 0 Å². The molecule has 0 spiro atoms. The average molecular weight is 238 g/mol. The molecule has 2 rings (SSSR count). The summed E-state index contributed by atoms with van der Waals surface area (Å²) in [6.45, 7) is 3.52. The minimum atomic E-state index is -0.614. The van der Waals surface area contributed by atoms with Gasteiger partial charge in [-0.1, -0.05) is 6.07 Å². The highest BCUT2D eigenvalue weighted by atomic mass is 19.1. The van der Waals surface area contributed by atoms with E-state index in [0.29, 0.717) is 17.0 Å². The number of benzene rings is 1. The summed E-state index contributed by atoms with van der Waals surface area (Å²) in [5.41, 5.74) is 1.38. The Morgan fingerprint density at radius 1 is 1.29 bits per heavy atom. The van der Waals surface area contributed by atoms with Gasteiger partial charge >= 0.3 is 0 Å². The summed E-state index contributed by atoms with van der Waals surface area (Å²) in [6.07, 6.45) is 0. The van der Waals surface area contributed by atoms with E-state index in [1.165, 1.54) is 16.8 Å². The lowest BCUT2D eigenvalue weighted by Gasteiger charge is -2.05. The third-order valence-electron chi connectivity index (χ3n) is 2.68. The minimum Gasteiger partial charge on any atom is -0.504 e. The van der Waals surface area contributed by atoms with Crippen LogP contribution in [-0.2, 0) is 6.54 Å². The zero-order valence-electron chi connectivity index (χ0n) is 9.54.